The lowest BCUT2D eigenvalue weighted by Crippen LogP contribution is -2.36. The fraction of sp³-hybridized carbons (Fsp3) is 0.381. The lowest BCUT2D eigenvalue weighted by molar-refractivity contribution is -0.121. The predicted molar refractivity (Wildman–Crippen MR) is 101 cm³/mol. The first kappa shape index (κ1) is 18.3. The number of Topliss-reactive ketones (excluding diaryl/α,β-unsaturated/α-hetero) is 1. The molecule has 1 aromatic carbocycles. The summed E-state index contributed by atoms with van der Waals surface area (Å²) in [6.45, 7) is 2.70. The first-order valence-corrected chi connectivity index (χ1v) is 9.23. The minimum absolute atomic E-state index is 0.0487. The molecule has 1 N–H and O–H groups in total. The number of nitrogens with zero attached hydrogens (tertiary/aromatic N) is 2. The van der Waals surface area contributed by atoms with Gasteiger partial charge in [0, 0.05) is 37.3 Å². The van der Waals surface area contributed by atoms with Crippen molar-refractivity contribution in [2.75, 3.05) is 19.6 Å². The number of hydrogen-bond donors (Lipinski definition) is 1. The number of ketones is 1. The zero-order valence-corrected chi connectivity index (χ0v) is 14.9. The van der Waals surface area contributed by atoms with Crippen LogP contribution in [0.4, 0.5) is 0 Å². The van der Waals surface area contributed by atoms with E-state index >= 15 is 0 Å². The second kappa shape index (κ2) is 9.25. The predicted octanol–water partition coefficient (Wildman–Crippen LogP) is 3.00. The zero-order chi connectivity index (χ0) is 18.2. The van der Waals surface area contributed by atoms with Crippen LogP contribution in [-0.2, 0) is 4.79 Å². The Morgan fingerprint density at radius 2 is 1.81 bits per heavy atom. The lowest BCUT2D eigenvalue weighted by Gasteiger charge is -2.28. The van der Waals surface area contributed by atoms with Gasteiger partial charge in [0.15, 0.2) is 5.78 Å². The average molecular weight is 351 g/mol. The Hall–Kier alpha value is -2.53. The molecule has 1 aliphatic rings. The summed E-state index contributed by atoms with van der Waals surface area (Å²) in [6.07, 6.45) is 5.99. The summed E-state index contributed by atoms with van der Waals surface area (Å²) >= 11 is 0. The van der Waals surface area contributed by atoms with Gasteiger partial charge in [0.05, 0.1) is 6.04 Å². The molecule has 1 amide bonds. The smallest absolute Gasteiger partial charge is 0.220 e. The molecular weight excluding hydrogens is 326 g/mol. The summed E-state index contributed by atoms with van der Waals surface area (Å²) in [5, 5.41) is 3.02. The van der Waals surface area contributed by atoms with Gasteiger partial charge in [-0.25, -0.2) is 0 Å². The highest BCUT2D eigenvalue weighted by molar-refractivity contribution is 5.97. The van der Waals surface area contributed by atoms with Crippen molar-refractivity contribution in [2.45, 2.75) is 31.7 Å². The van der Waals surface area contributed by atoms with E-state index in [1.165, 1.54) is 18.4 Å². The number of amides is 1. The third-order valence-electron chi connectivity index (χ3n) is 4.82. The van der Waals surface area contributed by atoms with Gasteiger partial charge in [-0.2, -0.15) is 0 Å². The number of aromatic nitrogens is 1. The van der Waals surface area contributed by atoms with Crippen LogP contribution in [0.3, 0.4) is 0 Å². The van der Waals surface area contributed by atoms with Crippen LogP contribution < -0.4 is 5.32 Å². The molecule has 26 heavy (non-hydrogen) atoms. The number of likely N-dealkylation sites (tertiary alicyclic amines) is 1. The van der Waals surface area contributed by atoms with Gasteiger partial charge in [0.25, 0.3) is 0 Å². The van der Waals surface area contributed by atoms with Gasteiger partial charge in [0.1, 0.15) is 0 Å². The van der Waals surface area contributed by atoms with Gasteiger partial charge in [-0.05, 0) is 43.6 Å². The molecule has 0 aliphatic carbocycles. The maximum Gasteiger partial charge on any atom is 0.220 e. The maximum absolute atomic E-state index is 12.2. The van der Waals surface area contributed by atoms with Crippen LogP contribution in [0.15, 0.2) is 54.9 Å². The molecule has 1 unspecified atom stereocenters. The summed E-state index contributed by atoms with van der Waals surface area (Å²) in [4.78, 5) is 30.7. The molecule has 1 aliphatic heterocycles. The van der Waals surface area contributed by atoms with Crippen molar-refractivity contribution in [1.29, 1.82) is 0 Å². The van der Waals surface area contributed by atoms with Gasteiger partial charge < -0.3 is 5.32 Å². The van der Waals surface area contributed by atoms with Crippen molar-refractivity contribution in [3.05, 3.63) is 66.0 Å². The van der Waals surface area contributed by atoms with E-state index in [4.69, 9.17) is 0 Å². The molecule has 5 heteroatoms. The zero-order valence-electron chi connectivity index (χ0n) is 14.9. The van der Waals surface area contributed by atoms with Crippen molar-refractivity contribution in [1.82, 2.24) is 15.2 Å². The normalized spacial score (nSPS) is 15.5. The van der Waals surface area contributed by atoms with Crippen LogP contribution >= 0.6 is 0 Å². The van der Waals surface area contributed by atoms with E-state index < -0.39 is 0 Å². The third kappa shape index (κ3) is 4.99. The number of pyridine rings is 1. The molecule has 1 atom stereocenters. The Balaban J connectivity index is 1.52. The number of rotatable bonds is 8. The average Bonchev–Trinajstić information content (AvgIpc) is 3.22. The van der Waals surface area contributed by atoms with E-state index in [0.717, 1.165) is 13.1 Å². The maximum atomic E-state index is 12.2. The largest absolute Gasteiger partial charge is 0.354 e. The number of carbonyl (C=O) groups is 2. The highest BCUT2D eigenvalue weighted by Crippen LogP contribution is 2.24. The van der Waals surface area contributed by atoms with Crippen molar-refractivity contribution >= 4 is 11.7 Å². The lowest BCUT2D eigenvalue weighted by atomic mass is 10.1. The Labute approximate surface area is 154 Å². The summed E-state index contributed by atoms with van der Waals surface area (Å²) in [7, 11) is 0. The Morgan fingerprint density at radius 3 is 2.50 bits per heavy atom. The Bertz CT molecular complexity index is 713. The molecule has 0 radical (unpaired) electrons. The standard InChI is InChI=1S/C21H25N3O2/c25-20(18-9-6-12-22-15-18)10-11-21(26)23-16-19(24-13-4-5-14-24)17-7-2-1-3-8-17/h1-3,6-9,12,15,19H,4-5,10-11,13-14,16H2,(H,23,26). The number of nitrogens with one attached hydrogen (secondary N) is 1. The molecule has 2 aromatic rings. The molecule has 2 heterocycles. The number of hydrogen-bond acceptors (Lipinski definition) is 4. The van der Waals surface area contributed by atoms with Crippen molar-refractivity contribution < 1.29 is 9.59 Å². The van der Waals surface area contributed by atoms with Crippen molar-refractivity contribution in [2.24, 2.45) is 0 Å². The van der Waals surface area contributed by atoms with Gasteiger partial charge in [0.2, 0.25) is 5.91 Å². The molecule has 1 aromatic heterocycles. The molecular formula is C21H25N3O2. The SMILES string of the molecule is O=C(CCC(=O)c1cccnc1)NCC(c1ccccc1)N1CCCC1. The van der Waals surface area contributed by atoms with Crippen molar-refractivity contribution in [3.63, 3.8) is 0 Å². The fourth-order valence-electron chi connectivity index (χ4n) is 3.38. The van der Waals surface area contributed by atoms with E-state index in [0.29, 0.717) is 12.1 Å². The fourth-order valence-corrected chi connectivity index (χ4v) is 3.38. The number of benzene rings is 1. The van der Waals surface area contributed by atoms with Crippen LogP contribution in [0.25, 0.3) is 0 Å². The first-order chi connectivity index (χ1) is 12.7. The second-order valence-corrected chi connectivity index (χ2v) is 6.64. The molecule has 3 rings (SSSR count). The molecule has 0 saturated carbocycles. The highest BCUT2D eigenvalue weighted by Gasteiger charge is 2.23. The van der Waals surface area contributed by atoms with Gasteiger partial charge in [-0.1, -0.05) is 30.3 Å². The van der Waals surface area contributed by atoms with Gasteiger partial charge in [-0.3, -0.25) is 19.5 Å². The topological polar surface area (TPSA) is 62.3 Å². The summed E-state index contributed by atoms with van der Waals surface area (Å²) < 4.78 is 0. The number of carbonyl (C=O) groups excluding carboxylic acids is 2. The van der Waals surface area contributed by atoms with E-state index in [1.807, 2.05) is 18.2 Å². The van der Waals surface area contributed by atoms with Crippen LogP contribution in [-0.4, -0.2) is 41.2 Å². The van der Waals surface area contributed by atoms with E-state index in [1.54, 1.807) is 24.5 Å². The second-order valence-electron chi connectivity index (χ2n) is 6.64. The van der Waals surface area contributed by atoms with Crippen molar-refractivity contribution in [3.8, 4) is 0 Å². The van der Waals surface area contributed by atoms with E-state index in [2.05, 4.69) is 27.3 Å². The van der Waals surface area contributed by atoms with Gasteiger partial charge >= 0.3 is 0 Å². The minimum atomic E-state index is -0.0811. The molecule has 0 bridgehead atoms. The molecule has 1 fully saturated rings. The molecule has 136 valence electrons. The molecule has 0 spiro atoms. The minimum Gasteiger partial charge on any atom is -0.354 e. The van der Waals surface area contributed by atoms with Crippen LogP contribution in [0, 0.1) is 0 Å². The summed E-state index contributed by atoms with van der Waals surface area (Å²) in [6, 6.07) is 14.0. The van der Waals surface area contributed by atoms with Crippen LogP contribution in [0.1, 0.15) is 47.6 Å². The first-order valence-electron chi connectivity index (χ1n) is 9.23. The third-order valence-corrected chi connectivity index (χ3v) is 4.82. The highest BCUT2D eigenvalue weighted by atomic mass is 16.2. The van der Waals surface area contributed by atoms with Gasteiger partial charge in [-0.15, -0.1) is 0 Å². The van der Waals surface area contributed by atoms with Crippen LogP contribution in [0.2, 0.25) is 0 Å². The molecule has 1 saturated heterocycles. The molecule has 5 nitrogen and oxygen atoms in total. The quantitative estimate of drug-likeness (QED) is 0.743. The van der Waals surface area contributed by atoms with Crippen LogP contribution in [0.5, 0.6) is 0 Å². The van der Waals surface area contributed by atoms with E-state index in [-0.39, 0.29) is 30.6 Å². The Morgan fingerprint density at radius 1 is 1.04 bits per heavy atom. The Kier molecular flexibility index (Phi) is 6.50. The monoisotopic (exact) mass is 351 g/mol. The van der Waals surface area contributed by atoms with E-state index in [9.17, 15) is 9.59 Å². The summed E-state index contributed by atoms with van der Waals surface area (Å²) in [5.74, 6) is -0.130. The summed E-state index contributed by atoms with van der Waals surface area (Å²) in [5.41, 5.74) is 1.78.